The van der Waals surface area contributed by atoms with Gasteiger partial charge in [0.1, 0.15) is 5.60 Å². The molecule has 2 unspecified atom stereocenters. The lowest BCUT2D eigenvalue weighted by atomic mass is 9.84. The number of benzene rings is 1. The van der Waals surface area contributed by atoms with Gasteiger partial charge in [-0.3, -0.25) is 0 Å². The molecule has 2 N–H and O–H groups in total. The Hall–Kier alpha value is -1.42. The molecule has 1 aliphatic rings. The second-order valence-electron chi connectivity index (χ2n) is 7.19. The molecule has 0 bridgehead atoms. The van der Waals surface area contributed by atoms with Gasteiger partial charge in [-0.25, -0.2) is 4.79 Å². The Morgan fingerprint density at radius 1 is 1.22 bits per heavy atom. The molecule has 1 aliphatic carbocycles. The van der Waals surface area contributed by atoms with E-state index < -0.39 is 5.60 Å². The van der Waals surface area contributed by atoms with Gasteiger partial charge in [-0.15, -0.1) is 0 Å². The van der Waals surface area contributed by atoms with Gasteiger partial charge in [-0.2, -0.15) is 0 Å². The molecular weight excluding hydrogens is 312 g/mol. The number of ether oxygens (including phenoxy) is 1. The number of carbonyl (C=O) groups excluding carboxylic acids is 1. The molecule has 1 aromatic carbocycles. The number of hydrogen-bond acceptors (Lipinski definition) is 3. The van der Waals surface area contributed by atoms with Gasteiger partial charge in [0.15, 0.2) is 0 Å². The highest BCUT2D eigenvalue weighted by Gasteiger charge is 2.26. The number of nitrogens with one attached hydrogen (secondary N) is 2. The van der Waals surface area contributed by atoms with Crippen molar-refractivity contribution in [1.29, 1.82) is 0 Å². The lowest BCUT2D eigenvalue weighted by molar-refractivity contribution is 0.0514. The van der Waals surface area contributed by atoms with Crippen molar-refractivity contribution in [2.24, 2.45) is 5.92 Å². The highest BCUT2D eigenvalue weighted by atomic mass is 35.5. The maximum Gasteiger partial charge on any atom is 0.407 e. The van der Waals surface area contributed by atoms with E-state index in [0.717, 1.165) is 23.6 Å². The summed E-state index contributed by atoms with van der Waals surface area (Å²) < 4.78 is 5.31. The van der Waals surface area contributed by atoms with E-state index in [-0.39, 0.29) is 6.09 Å². The summed E-state index contributed by atoms with van der Waals surface area (Å²) in [6, 6.07) is 8.13. The average Bonchev–Trinajstić information content (AvgIpc) is 2.47. The van der Waals surface area contributed by atoms with Crippen LogP contribution in [0.25, 0.3) is 0 Å². The third-order valence-corrected chi connectivity index (χ3v) is 4.26. The van der Waals surface area contributed by atoms with Crippen LogP contribution in [0.2, 0.25) is 5.02 Å². The van der Waals surface area contributed by atoms with Crippen LogP contribution in [0.1, 0.15) is 46.5 Å². The van der Waals surface area contributed by atoms with Gasteiger partial charge in [-0.1, -0.05) is 24.4 Å². The van der Waals surface area contributed by atoms with Crippen molar-refractivity contribution < 1.29 is 9.53 Å². The van der Waals surface area contributed by atoms with Crippen molar-refractivity contribution >= 4 is 23.4 Å². The average molecular weight is 339 g/mol. The first-order valence-electron chi connectivity index (χ1n) is 8.32. The van der Waals surface area contributed by atoms with Gasteiger partial charge < -0.3 is 15.4 Å². The van der Waals surface area contributed by atoms with E-state index in [4.69, 9.17) is 16.3 Å². The molecule has 5 heteroatoms. The summed E-state index contributed by atoms with van der Waals surface area (Å²) in [6.45, 7) is 6.26. The monoisotopic (exact) mass is 338 g/mol. The Bertz CT molecular complexity index is 511. The number of rotatable bonds is 4. The highest BCUT2D eigenvalue weighted by molar-refractivity contribution is 6.30. The van der Waals surface area contributed by atoms with Crippen LogP contribution in [0.5, 0.6) is 0 Å². The molecular formula is C18H27ClN2O2. The Kier molecular flexibility index (Phi) is 6.17. The van der Waals surface area contributed by atoms with Crippen molar-refractivity contribution in [3.8, 4) is 0 Å². The molecule has 1 fully saturated rings. The Labute approximate surface area is 143 Å². The summed E-state index contributed by atoms with van der Waals surface area (Å²) in [5, 5.41) is 7.23. The Morgan fingerprint density at radius 3 is 2.52 bits per heavy atom. The molecule has 4 nitrogen and oxygen atoms in total. The molecule has 1 saturated carbocycles. The second-order valence-corrected chi connectivity index (χ2v) is 7.62. The highest BCUT2D eigenvalue weighted by Crippen LogP contribution is 2.27. The van der Waals surface area contributed by atoms with Crippen LogP contribution in [0.4, 0.5) is 10.5 Å². The summed E-state index contributed by atoms with van der Waals surface area (Å²) >= 11 is 5.93. The van der Waals surface area contributed by atoms with Gasteiger partial charge in [0.05, 0.1) is 0 Å². The number of anilines is 1. The fourth-order valence-corrected chi connectivity index (χ4v) is 3.06. The van der Waals surface area contributed by atoms with Gasteiger partial charge in [0.25, 0.3) is 0 Å². The van der Waals surface area contributed by atoms with E-state index in [9.17, 15) is 4.79 Å². The zero-order valence-corrected chi connectivity index (χ0v) is 15.0. The van der Waals surface area contributed by atoms with Gasteiger partial charge in [-0.05, 0) is 63.8 Å². The lowest BCUT2D eigenvalue weighted by Crippen LogP contribution is -2.42. The number of carbonyl (C=O) groups is 1. The van der Waals surface area contributed by atoms with E-state index in [1.807, 2.05) is 45.0 Å². The van der Waals surface area contributed by atoms with Crippen LogP contribution in [-0.2, 0) is 4.74 Å². The normalized spacial score (nSPS) is 21.6. The van der Waals surface area contributed by atoms with Crippen molar-refractivity contribution in [1.82, 2.24) is 5.32 Å². The van der Waals surface area contributed by atoms with Crippen LogP contribution >= 0.6 is 11.6 Å². The molecule has 0 spiro atoms. The molecule has 0 radical (unpaired) electrons. The zero-order valence-electron chi connectivity index (χ0n) is 14.2. The van der Waals surface area contributed by atoms with Gasteiger partial charge in [0, 0.05) is 23.3 Å². The van der Waals surface area contributed by atoms with E-state index >= 15 is 0 Å². The lowest BCUT2D eigenvalue weighted by Gasteiger charge is -2.33. The first kappa shape index (κ1) is 17.9. The molecule has 1 amide bonds. The molecule has 1 aromatic rings. The number of amides is 1. The molecule has 0 heterocycles. The van der Waals surface area contributed by atoms with Crippen molar-refractivity contribution in [2.45, 2.75) is 58.1 Å². The van der Waals surface area contributed by atoms with Crippen molar-refractivity contribution in [2.75, 3.05) is 11.9 Å². The largest absolute Gasteiger partial charge is 0.444 e. The van der Waals surface area contributed by atoms with Crippen LogP contribution < -0.4 is 10.6 Å². The molecule has 0 aliphatic heterocycles. The second kappa shape index (κ2) is 7.91. The van der Waals surface area contributed by atoms with Crippen LogP contribution in [0, 0.1) is 5.92 Å². The van der Waals surface area contributed by atoms with E-state index in [1.54, 1.807) is 0 Å². The molecule has 0 saturated heterocycles. The fourth-order valence-electron chi connectivity index (χ4n) is 2.93. The summed E-state index contributed by atoms with van der Waals surface area (Å²) in [6.07, 6.45) is 4.31. The number of hydrogen-bond donors (Lipinski definition) is 2. The molecule has 128 valence electrons. The number of halogens is 1. The minimum absolute atomic E-state index is 0.340. The van der Waals surface area contributed by atoms with Crippen LogP contribution in [0.3, 0.4) is 0 Å². The van der Waals surface area contributed by atoms with Crippen LogP contribution in [0.15, 0.2) is 24.3 Å². The van der Waals surface area contributed by atoms with Crippen molar-refractivity contribution in [3.63, 3.8) is 0 Å². The first-order valence-corrected chi connectivity index (χ1v) is 8.70. The first-order chi connectivity index (χ1) is 10.8. The summed E-state index contributed by atoms with van der Waals surface area (Å²) in [5.74, 6) is 0.409. The third-order valence-electron chi connectivity index (χ3n) is 4.01. The topological polar surface area (TPSA) is 50.4 Å². The van der Waals surface area contributed by atoms with Gasteiger partial charge in [0.2, 0.25) is 0 Å². The van der Waals surface area contributed by atoms with Gasteiger partial charge >= 0.3 is 6.09 Å². The molecule has 0 aromatic heterocycles. The zero-order chi connectivity index (χ0) is 16.9. The maximum absolute atomic E-state index is 11.8. The van der Waals surface area contributed by atoms with E-state index in [2.05, 4.69) is 10.6 Å². The fraction of sp³-hybridized carbons (Fsp3) is 0.611. The minimum atomic E-state index is -0.461. The smallest absolute Gasteiger partial charge is 0.407 e. The summed E-state index contributed by atoms with van der Waals surface area (Å²) in [5.41, 5.74) is 0.612. The standard InChI is InChI=1S/C18H27ClN2O2/c1-18(2,3)23-17(22)20-12-13-6-4-5-7-16(13)21-15-10-8-14(19)9-11-15/h8-11,13,16,21H,4-7,12H2,1-3H3,(H,20,22). The maximum atomic E-state index is 11.8. The molecule has 23 heavy (non-hydrogen) atoms. The van der Waals surface area contributed by atoms with E-state index in [1.165, 1.54) is 12.8 Å². The van der Waals surface area contributed by atoms with E-state index in [0.29, 0.717) is 18.5 Å². The predicted molar refractivity (Wildman–Crippen MR) is 95.1 cm³/mol. The summed E-state index contributed by atoms with van der Waals surface area (Å²) in [7, 11) is 0. The molecule has 2 atom stereocenters. The predicted octanol–water partition coefficient (Wildman–Crippen LogP) is 4.84. The number of alkyl carbamates (subject to hydrolysis) is 1. The Balaban J connectivity index is 1.88. The Morgan fingerprint density at radius 2 is 1.87 bits per heavy atom. The van der Waals surface area contributed by atoms with Crippen LogP contribution in [-0.4, -0.2) is 24.3 Å². The quantitative estimate of drug-likeness (QED) is 0.826. The summed E-state index contributed by atoms with van der Waals surface area (Å²) in [4.78, 5) is 11.8. The third kappa shape index (κ3) is 6.30. The molecule has 2 rings (SSSR count). The van der Waals surface area contributed by atoms with Crippen molar-refractivity contribution in [3.05, 3.63) is 29.3 Å². The SMILES string of the molecule is CC(C)(C)OC(=O)NCC1CCCCC1Nc1ccc(Cl)cc1. The minimum Gasteiger partial charge on any atom is -0.444 e.